The summed E-state index contributed by atoms with van der Waals surface area (Å²) in [5.74, 6) is -1.65. The third-order valence-corrected chi connectivity index (χ3v) is 4.93. The number of hydrogen-bond acceptors (Lipinski definition) is 2. The van der Waals surface area contributed by atoms with Gasteiger partial charge in [0.1, 0.15) is 0 Å². The van der Waals surface area contributed by atoms with Gasteiger partial charge in [0, 0.05) is 37.2 Å². The zero-order valence-corrected chi connectivity index (χ0v) is 15.6. The summed E-state index contributed by atoms with van der Waals surface area (Å²) in [5.41, 5.74) is 1.73. The minimum absolute atomic E-state index is 0.108. The number of halogens is 3. The number of likely N-dealkylation sites (tertiary alicyclic amines) is 1. The summed E-state index contributed by atoms with van der Waals surface area (Å²) in [7, 11) is 0. The number of nitrogens with one attached hydrogen (secondary N) is 2. The van der Waals surface area contributed by atoms with Crippen molar-refractivity contribution in [2.75, 3.05) is 13.1 Å². The molecule has 0 bridgehead atoms. The van der Waals surface area contributed by atoms with E-state index in [1.807, 2.05) is 12.1 Å². The first-order valence-corrected chi connectivity index (χ1v) is 9.32. The number of urea groups is 1. The highest BCUT2D eigenvalue weighted by atomic mass is 35.5. The minimum atomic E-state index is -0.828. The Morgan fingerprint density at radius 3 is 2.37 bits per heavy atom. The van der Waals surface area contributed by atoms with E-state index in [-0.39, 0.29) is 12.1 Å². The van der Waals surface area contributed by atoms with E-state index in [4.69, 9.17) is 11.6 Å². The third kappa shape index (κ3) is 5.91. The Morgan fingerprint density at radius 2 is 1.70 bits per heavy atom. The van der Waals surface area contributed by atoms with Crippen LogP contribution in [0.2, 0.25) is 5.02 Å². The predicted octanol–water partition coefficient (Wildman–Crippen LogP) is 4.08. The topological polar surface area (TPSA) is 44.4 Å². The second-order valence-corrected chi connectivity index (χ2v) is 7.19. The van der Waals surface area contributed by atoms with Gasteiger partial charge in [-0.3, -0.25) is 4.90 Å². The summed E-state index contributed by atoms with van der Waals surface area (Å²) in [6, 6.07) is 11.2. The standard InChI is InChI=1S/C20H22ClF2N3O/c21-16-4-1-14(2-5-16)12-24-20(27)25-17-7-9-26(10-8-17)13-15-3-6-18(22)19(23)11-15/h1-6,11,17H,7-10,12-13H2,(H2,24,25,27). The highest BCUT2D eigenvalue weighted by Gasteiger charge is 2.21. The molecule has 1 saturated heterocycles. The van der Waals surface area contributed by atoms with Crippen molar-refractivity contribution in [3.63, 3.8) is 0 Å². The lowest BCUT2D eigenvalue weighted by Gasteiger charge is -2.32. The molecule has 1 aliphatic rings. The molecule has 0 unspecified atom stereocenters. The number of rotatable bonds is 5. The number of carbonyl (C=O) groups excluding carboxylic acids is 1. The molecule has 0 spiro atoms. The quantitative estimate of drug-likeness (QED) is 0.803. The smallest absolute Gasteiger partial charge is 0.315 e. The van der Waals surface area contributed by atoms with Crippen LogP contribution in [-0.2, 0) is 13.1 Å². The molecule has 2 aromatic carbocycles. The van der Waals surface area contributed by atoms with Gasteiger partial charge in [-0.1, -0.05) is 29.8 Å². The Balaban J connectivity index is 1.39. The molecule has 2 N–H and O–H groups in total. The zero-order valence-electron chi connectivity index (χ0n) is 14.9. The molecule has 27 heavy (non-hydrogen) atoms. The fraction of sp³-hybridized carbons (Fsp3) is 0.350. The molecule has 4 nitrogen and oxygen atoms in total. The van der Waals surface area contributed by atoms with Crippen LogP contribution >= 0.6 is 11.6 Å². The van der Waals surface area contributed by atoms with Gasteiger partial charge in [0.15, 0.2) is 11.6 Å². The lowest BCUT2D eigenvalue weighted by Crippen LogP contribution is -2.47. The highest BCUT2D eigenvalue weighted by Crippen LogP contribution is 2.16. The lowest BCUT2D eigenvalue weighted by molar-refractivity contribution is 0.186. The molecular weight excluding hydrogens is 372 g/mol. The maximum Gasteiger partial charge on any atom is 0.315 e. The van der Waals surface area contributed by atoms with Crippen molar-refractivity contribution in [1.29, 1.82) is 0 Å². The molecule has 1 fully saturated rings. The van der Waals surface area contributed by atoms with Crippen LogP contribution in [0.1, 0.15) is 24.0 Å². The van der Waals surface area contributed by atoms with E-state index in [2.05, 4.69) is 15.5 Å². The summed E-state index contributed by atoms with van der Waals surface area (Å²) in [6.07, 6.45) is 1.64. The van der Waals surface area contributed by atoms with E-state index in [9.17, 15) is 13.6 Å². The van der Waals surface area contributed by atoms with Crippen LogP contribution in [0.25, 0.3) is 0 Å². The summed E-state index contributed by atoms with van der Waals surface area (Å²) in [4.78, 5) is 14.2. The number of hydrogen-bond donors (Lipinski definition) is 2. The maximum atomic E-state index is 13.3. The van der Waals surface area contributed by atoms with Crippen molar-refractivity contribution in [3.8, 4) is 0 Å². The molecule has 0 aromatic heterocycles. The molecule has 1 heterocycles. The van der Waals surface area contributed by atoms with Crippen LogP contribution in [0.3, 0.4) is 0 Å². The van der Waals surface area contributed by atoms with Crippen molar-refractivity contribution in [1.82, 2.24) is 15.5 Å². The van der Waals surface area contributed by atoms with Crippen molar-refractivity contribution in [3.05, 3.63) is 70.2 Å². The molecule has 144 valence electrons. The molecule has 0 atom stereocenters. The molecule has 0 aliphatic carbocycles. The predicted molar refractivity (Wildman–Crippen MR) is 101 cm³/mol. The Kier molecular flexibility index (Phi) is 6.63. The largest absolute Gasteiger partial charge is 0.335 e. The first-order chi connectivity index (χ1) is 13.0. The summed E-state index contributed by atoms with van der Waals surface area (Å²) >= 11 is 5.84. The van der Waals surface area contributed by atoms with Gasteiger partial charge in [-0.15, -0.1) is 0 Å². The minimum Gasteiger partial charge on any atom is -0.335 e. The monoisotopic (exact) mass is 393 g/mol. The molecule has 2 amide bonds. The number of nitrogens with zero attached hydrogens (tertiary/aromatic N) is 1. The van der Waals surface area contributed by atoms with Crippen molar-refractivity contribution < 1.29 is 13.6 Å². The van der Waals surface area contributed by atoms with Crippen LogP contribution in [-0.4, -0.2) is 30.1 Å². The van der Waals surface area contributed by atoms with E-state index in [0.717, 1.165) is 43.1 Å². The van der Waals surface area contributed by atoms with Crippen LogP contribution in [0.4, 0.5) is 13.6 Å². The molecule has 7 heteroatoms. The Bertz CT molecular complexity index is 777. The first kappa shape index (κ1) is 19.6. The Hall–Kier alpha value is -2.18. The van der Waals surface area contributed by atoms with Gasteiger partial charge in [0.05, 0.1) is 0 Å². The lowest BCUT2D eigenvalue weighted by atomic mass is 10.0. The van der Waals surface area contributed by atoms with Gasteiger partial charge < -0.3 is 10.6 Å². The van der Waals surface area contributed by atoms with E-state index >= 15 is 0 Å². The normalized spacial score (nSPS) is 15.5. The van der Waals surface area contributed by atoms with E-state index in [0.29, 0.717) is 18.1 Å². The van der Waals surface area contributed by atoms with Gasteiger partial charge in [-0.05, 0) is 48.2 Å². The average Bonchev–Trinajstić information content (AvgIpc) is 2.66. The van der Waals surface area contributed by atoms with Crippen molar-refractivity contribution in [2.45, 2.75) is 32.0 Å². The van der Waals surface area contributed by atoms with E-state index in [1.54, 1.807) is 18.2 Å². The van der Waals surface area contributed by atoms with E-state index in [1.165, 1.54) is 6.07 Å². The summed E-state index contributed by atoms with van der Waals surface area (Å²) in [5, 5.41) is 6.50. The van der Waals surface area contributed by atoms with Crippen LogP contribution in [0.15, 0.2) is 42.5 Å². The Morgan fingerprint density at radius 1 is 1.04 bits per heavy atom. The molecule has 0 radical (unpaired) electrons. The highest BCUT2D eigenvalue weighted by molar-refractivity contribution is 6.30. The fourth-order valence-electron chi connectivity index (χ4n) is 3.15. The molecular formula is C20H22ClF2N3O. The van der Waals surface area contributed by atoms with Crippen LogP contribution < -0.4 is 10.6 Å². The summed E-state index contributed by atoms with van der Waals surface area (Å²) < 4.78 is 26.3. The van der Waals surface area contributed by atoms with Crippen molar-refractivity contribution in [2.24, 2.45) is 0 Å². The van der Waals surface area contributed by atoms with Crippen LogP contribution in [0, 0.1) is 11.6 Å². The van der Waals surface area contributed by atoms with Crippen molar-refractivity contribution >= 4 is 17.6 Å². The maximum absolute atomic E-state index is 13.3. The van der Waals surface area contributed by atoms with Gasteiger partial charge in [0.2, 0.25) is 0 Å². The molecule has 0 saturated carbocycles. The van der Waals surface area contributed by atoms with E-state index < -0.39 is 11.6 Å². The zero-order chi connectivity index (χ0) is 19.2. The SMILES string of the molecule is O=C(NCc1ccc(Cl)cc1)NC1CCN(Cc2ccc(F)c(F)c2)CC1. The van der Waals surface area contributed by atoms with Gasteiger partial charge in [-0.25, -0.2) is 13.6 Å². The second kappa shape index (κ2) is 9.15. The summed E-state index contributed by atoms with van der Waals surface area (Å²) in [6.45, 7) is 2.60. The van der Waals surface area contributed by atoms with Gasteiger partial charge in [-0.2, -0.15) is 0 Å². The van der Waals surface area contributed by atoms with Gasteiger partial charge >= 0.3 is 6.03 Å². The third-order valence-electron chi connectivity index (χ3n) is 4.68. The Labute approximate surface area is 162 Å². The first-order valence-electron chi connectivity index (χ1n) is 8.94. The number of carbonyl (C=O) groups is 1. The fourth-order valence-corrected chi connectivity index (χ4v) is 3.28. The second-order valence-electron chi connectivity index (χ2n) is 6.75. The molecule has 1 aliphatic heterocycles. The average molecular weight is 394 g/mol. The van der Waals surface area contributed by atoms with Crippen LogP contribution in [0.5, 0.6) is 0 Å². The van der Waals surface area contributed by atoms with Gasteiger partial charge in [0.25, 0.3) is 0 Å². The number of amides is 2. The molecule has 2 aromatic rings. The molecule has 3 rings (SSSR count). The number of benzene rings is 2. The number of piperidine rings is 1.